The summed E-state index contributed by atoms with van der Waals surface area (Å²) in [4.78, 5) is 11.1. The van der Waals surface area contributed by atoms with Crippen LogP contribution >= 0.6 is 0 Å². The summed E-state index contributed by atoms with van der Waals surface area (Å²) in [6.07, 6.45) is 0. The van der Waals surface area contributed by atoms with Crippen molar-refractivity contribution in [3.63, 3.8) is 0 Å². The average Bonchev–Trinajstić information content (AvgIpc) is 2.24. The minimum absolute atomic E-state index is 0.0626. The Bertz CT molecular complexity index is 360. The largest absolute Gasteiger partial charge is 0.491 e. The zero-order valence-electron chi connectivity index (χ0n) is 10.9. The maximum Gasteiger partial charge on any atom is 0.159 e. The SMILES string of the molecule is CC(=O)c1ccc(OCCOC(C)(C)C)cc1. The molecule has 0 heterocycles. The Morgan fingerprint density at radius 3 is 2.18 bits per heavy atom. The molecule has 0 spiro atoms. The molecule has 0 bridgehead atoms. The van der Waals surface area contributed by atoms with Crippen molar-refractivity contribution >= 4 is 5.78 Å². The summed E-state index contributed by atoms with van der Waals surface area (Å²) < 4.78 is 11.0. The van der Waals surface area contributed by atoms with Crippen molar-refractivity contribution in [1.82, 2.24) is 0 Å². The molecule has 0 amide bonds. The lowest BCUT2D eigenvalue weighted by atomic mass is 10.1. The van der Waals surface area contributed by atoms with Gasteiger partial charge in [-0.2, -0.15) is 0 Å². The monoisotopic (exact) mass is 236 g/mol. The van der Waals surface area contributed by atoms with Crippen molar-refractivity contribution in [3.05, 3.63) is 29.8 Å². The van der Waals surface area contributed by atoms with E-state index in [1.165, 1.54) is 0 Å². The number of carbonyl (C=O) groups is 1. The summed E-state index contributed by atoms with van der Waals surface area (Å²) in [6.45, 7) is 8.64. The topological polar surface area (TPSA) is 35.5 Å². The number of hydrogen-bond donors (Lipinski definition) is 0. The molecule has 0 radical (unpaired) electrons. The molecule has 0 aliphatic rings. The highest BCUT2D eigenvalue weighted by Gasteiger charge is 2.09. The number of hydrogen-bond acceptors (Lipinski definition) is 3. The van der Waals surface area contributed by atoms with E-state index in [9.17, 15) is 4.79 Å². The molecule has 3 heteroatoms. The fourth-order valence-corrected chi connectivity index (χ4v) is 1.29. The number of rotatable bonds is 5. The molecule has 0 aliphatic heterocycles. The maximum absolute atomic E-state index is 11.1. The van der Waals surface area contributed by atoms with Crippen LogP contribution in [0.15, 0.2) is 24.3 Å². The van der Waals surface area contributed by atoms with Crippen molar-refractivity contribution in [2.45, 2.75) is 33.3 Å². The summed E-state index contributed by atoms with van der Waals surface area (Å²) in [6, 6.07) is 7.13. The third kappa shape index (κ3) is 5.50. The Kier molecular flexibility index (Phi) is 4.70. The Labute approximate surface area is 103 Å². The number of carbonyl (C=O) groups excluding carboxylic acids is 1. The van der Waals surface area contributed by atoms with Crippen LogP contribution in [0.5, 0.6) is 5.75 Å². The van der Waals surface area contributed by atoms with Gasteiger partial charge in [0.25, 0.3) is 0 Å². The van der Waals surface area contributed by atoms with Crippen LogP contribution in [0.1, 0.15) is 38.1 Å². The second kappa shape index (κ2) is 5.82. The van der Waals surface area contributed by atoms with E-state index in [1.54, 1.807) is 31.2 Å². The van der Waals surface area contributed by atoms with Crippen LogP contribution in [-0.2, 0) is 4.74 Å². The summed E-state index contributed by atoms with van der Waals surface area (Å²) in [5, 5.41) is 0. The number of Topliss-reactive ketones (excluding diaryl/α,β-unsaturated/α-hetero) is 1. The predicted octanol–water partition coefficient (Wildman–Crippen LogP) is 3.08. The van der Waals surface area contributed by atoms with Gasteiger partial charge in [-0.25, -0.2) is 0 Å². The standard InChI is InChI=1S/C14H20O3/c1-11(15)12-5-7-13(8-6-12)16-9-10-17-14(2,3)4/h5-8H,9-10H2,1-4H3. The van der Waals surface area contributed by atoms with Gasteiger partial charge in [0.05, 0.1) is 12.2 Å². The lowest BCUT2D eigenvalue weighted by Crippen LogP contribution is -2.22. The molecule has 1 rings (SSSR count). The van der Waals surface area contributed by atoms with Crippen LogP contribution in [0.25, 0.3) is 0 Å². The van der Waals surface area contributed by atoms with Gasteiger partial charge in [0.15, 0.2) is 5.78 Å². The first-order valence-corrected chi connectivity index (χ1v) is 5.76. The van der Waals surface area contributed by atoms with Crippen molar-refractivity contribution in [3.8, 4) is 5.75 Å². The zero-order valence-corrected chi connectivity index (χ0v) is 10.9. The molecule has 0 atom stereocenters. The fraction of sp³-hybridized carbons (Fsp3) is 0.500. The molecule has 0 aromatic heterocycles. The van der Waals surface area contributed by atoms with E-state index in [1.807, 2.05) is 20.8 Å². The lowest BCUT2D eigenvalue weighted by Gasteiger charge is -2.19. The minimum atomic E-state index is -0.137. The predicted molar refractivity (Wildman–Crippen MR) is 67.6 cm³/mol. The van der Waals surface area contributed by atoms with E-state index in [4.69, 9.17) is 9.47 Å². The van der Waals surface area contributed by atoms with Gasteiger partial charge in [-0.05, 0) is 52.0 Å². The summed E-state index contributed by atoms with van der Waals surface area (Å²) >= 11 is 0. The normalized spacial score (nSPS) is 11.3. The molecule has 1 aromatic rings. The minimum Gasteiger partial charge on any atom is -0.491 e. The van der Waals surface area contributed by atoms with Gasteiger partial charge in [0.2, 0.25) is 0 Å². The van der Waals surface area contributed by atoms with Crippen LogP contribution in [0.3, 0.4) is 0 Å². The molecule has 0 saturated carbocycles. The molecular formula is C14H20O3. The highest BCUT2D eigenvalue weighted by atomic mass is 16.5. The Morgan fingerprint density at radius 2 is 1.71 bits per heavy atom. The van der Waals surface area contributed by atoms with E-state index in [-0.39, 0.29) is 11.4 Å². The van der Waals surface area contributed by atoms with Gasteiger partial charge in [-0.15, -0.1) is 0 Å². The molecular weight excluding hydrogens is 216 g/mol. The van der Waals surface area contributed by atoms with Gasteiger partial charge in [-0.1, -0.05) is 0 Å². The van der Waals surface area contributed by atoms with Crippen molar-refractivity contribution in [2.24, 2.45) is 0 Å². The quantitative estimate of drug-likeness (QED) is 0.582. The van der Waals surface area contributed by atoms with Gasteiger partial charge in [0, 0.05) is 5.56 Å². The third-order valence-corrected chi connectivity index (χ3v) is 2.15. The van der Waals surface area contributed by atoms with E-state index < -0.39 is 0 Å². The van der Waals surface area contributed by atoms with Crippen LogP contribution in [0.4, 0.5) is 0 Å². The van der Waals surface area contributed by atoms with Crippen molar-refractivity contribution < 1.29 is 14.3 Å². The molecule has 3 nitrogen and oxygen atoms in total. The van der Waals surface area contributed by atoms with Crippen LogP contribution in [-0.4, -0.2) is 24.6 Å². The van der Waals surface area contributed by atoms with E-state index in [0.717, 1.165) is 5.75 Å². The van der Waals surface area contributed by atoms with E-state index in [2.05, 4.69) is 0 Å². The highest BCUT2D eigenvalue weighted by Crippen LogP contribution is 2.13. The Morgan fingerprint density at radius 1 is 1.12 bits per heavy atom. The second-order valence-electron chi connectivity index (χ2n) is 4.89. The van der Waals surface area contributed by atoms with Gasteiger partial charge >= 0.3 is 0 Å². The Balaban J connectivity index is 2.35. The second-order valence-corrected chi connectivity index (χ2v) is 4.89. The maximum atomic E-state index is 11.1. The summed E-state index contributed by atoms with van der Waals surface area (Å²) in [5.74, 6) is 0.820. The van der Waals surface area contributed by atoms with Crippen molar-refractivity contribution in [2.75, 3.05) is 13.2 Å². The first kappa shape index (κ1) is 13.7. The number of ether oxygens (including phenoxy) is 2. The summed E-state index contributed by atoms with van der Waals surface area (Å²) in [7, 11) is 0. The number of benzene rings is 1. The number of ketones is 1. The van der Waals surface area contributed by atoms with Gasteiger partial charge in [-0.3, -0.25) is 4.79 Å². The first-order valence-electron chi connectivity index (χ1n) is 5.76. The van der Waals surface area contributed by atoms with Crippen LogP contribution in [0, 0.1) is 0 Å². The Hall–Kier alpha value is -1.35. The van der Waals surface area contributed by atoms with Crippen LogP contribution < -0.4 is 4.74 Å². The van der Waals surface area contributed by atoms with E-state index in [0.29, 0.717) is 18.8 Å². The highest BCUT2D eigenvalue weighted by molar-refractivity contribution is 5.94. The van der Waals surface area contributed by atoms with Crippen molar-refractivity contribution in [1.29, 1.82) is 0 Å². The molecule has 0 fully saturated rings. The zero-order chi connectivity index (χ0) is 12.9. The molecule has 17 heavy (non-hydrogen) atoms. The molecule has 0 N–H and O–H groups in total. The third-order valence-electron chi connectivity index (χ3n) is 2.15. The van der Waals surface area contributed by atoms with Gasteiger partial charge in [0.1, 0.15) is 12.4 Å². The van der Waals surface area contributed by atoms with E-state index >= 15 is 0 Å². The lowest BCUT2D eigenvalue weighted by molar-refractivity contribution is -0.0163. The fourth-order valence-electron chi connectivity index (χ4n) is 1.29. The van der Waals surface area contributed by atoms with Crippen LogP contribution in [0.2, 0.25) is 0 Å². The smallest absolute Gasteiger partial charge is 0.159 e. The molecule has 0 saturated heterocycles. The summed E-state index contributed by atoms with van der Waals surface area (Å²) in [5.41, 5.74) is 0.560. The molecule has 0 aliphatic carbocycles. The average molecular weight is 236 g/mol. The molecule has 1 aromatic carbocycles. The van der Waals surface area contributed by atoms with Gasteiger partial charge < -0.3 is 9.47 Å². The molecule has 94 valence electrons. The molecule has 0 unspecified atom stereocenters. The first-order chi connectivity index (χ1) is 7.88.